The molecule has 1 nitrogen and oxygen atoms in total. The number of hydrogen-bond acceptors (Lipinski definition) is 6. The van der Waals surface area contributed by atoms with Crippen LogP contribution in [0.1, 0.15) is 0 Å². The van der Waals surface area contributed by atoms with E-state index in [4.69, 9.17) is 4.18 Å². The summed E-state index contributed by atoms with van der Waals surface area (Å²) in [5.41, 5.74) is 0. The number of thioether (sulfide) groups is 4. The van der Waals surface area contributed by atoms with Crippen molar-refractivity contribution in [2.24, 2.45) is 0 Å². The lowest BCUT2D eigenvalue weighted by atomic mass is 10.6. The third-order valence-electron chi connectivity index (χ3n) is 1.77. The zero-order valence-corrected chi connectivity index (χ0v) is 11.4. The molecule has 0 amide bonds. The topological polar surface area (TPSA) is 9.23 Å². The Bertz CT molecular complexity index is 170. The standard InChI is InChI=1S/C7H12OS5/c1-8-12-5-6-4-11-7(13-6)9-2-3-10-7/h6H,2-5H2,1H3. The van der Waals surface area contributed by atoms with E-state index < -0.39 is 0 Å². The van der Waals surface area contributed by atoms with Crippen molar-refractivity contribution in [3.05, 3.63) is 0 Å². The molecule has 2 heterocycles. The SMILES string of the molecule is COSCC1CSC2(SCCS2)S1. The van der Waals surface area contributed by atoms with E-state index in [2.05, 4.69) is 47.0 Å². The molecule has 2 aliphatic rings. The van der Waals surface area contributed by atoms with Crippen LogP contribution in [0.5, 0.6) is 0 Å². The Labute approximate surface area is 101 Å². The van der Waals surface area contributed by atoms with Crippen LogP contribution in [0.4, 0.5) is 0 Å². The molecule has 2 fully saturated rings. The summed E-state index contributed by atoms with van der Waals surface area (Å²) in [6.45, 7) is 0. The monoisotopic (exact) mass is 272 g/mol. The zero-order chi connectivity index (χ0) is 9.15. The van der Waals surface area contributed by atoms with Crippen LogP contribution < -0.4 is 0 Å². The van der Waals surface area contributed by atoms with Crippen LogP contribution >= 0.6 is 59.1 Å². The molecule has 6 heteroatoms. The number of rotatable bonds is 3. The summed E-state index contributed by atoms with van der Waals surface area (Å²) >= 11 is 10.1. The molecule has 1 unspecified atom stereocenters. The predicted molar refractivity (Wildman–Crippen MR) is 71.0 cm³/mol. The normalized spacial score (nSPS) is 31.6. The van der Waals surface area contributed by atoms with Gasteiger partial charge in [-0.3, -0.25) is 0 Å². The van der Waals surface area contributed by atoms with Crippen LogP contribution in [0.15, 0.2) is 0 Å². The second-order valence-corrected chi connectivity index (χ2v) is 10.5. The van der Waals surface area contributed by atoms with Crippen molar-refractivity contribution in [3.8, 4) is 0 Å². The van der Waals surface area contributed by atoms with Gasteiger partial charge in [0.05, 0.1) is 7.11 Å². The van der Waals surface area contributed by atoms with Crippen molar-refractivity contribution in [2.45, 2.75) is 7.99 Å². The highest BCUT2D eigenvalue weighted by molar-refractivity contribution is 8.50. The van der Waals surface area contributed by atoms with Gasteiger partial charge in [0.15, 0.2) is 2.74 Å². The van der Waals surface area contributed by atoms with Gasteiger partial charge < -0.3 is 4.18 Å². The third kappa shape index (κ3) is 2.84. The molecule has 1 spiro atoms. The maximum Gasteiger partial charge on any atom is 0.154 e. The fourth-order valence-electron chi connectivity index (χ4n) is 1.22. The second-order valence-electron chi connectivity index (χ2n) is 2.70. The van der Waals surface area contributed by atoms with Gasteiger partial charge in [-0.2, -0.15) is 0 Å². The van der Waals surface area contributed by atoms with Crippen molar-refractivity contribution in [1.82, 2.24) is 0 Å². The molecular weight excluding hydrogens is 260 g/mol. The lowest BCUT2D eigenvalue weighted by Crippen LogP contribution is -2.06. The van der Waals surface area contributed by atoms with Crippen molar-refractivity contribution in [2.75, 3.05) is 30.1 Å². The molecule has 76 valence electrons. The maximum absolute atomic E-state index is 5.04. The lowest BCUT2D eigenvalue weighted by Gasteiger charge is -2.18. The molecule has 0 aromatic heterocycles. The van der Waals surface area contributed by atoms with Crippen LogP contribution in [-0.2, 0) is 4.18 Å². The van der Waals surface area contributed by atoms with E-state index in [-0.39, 0.29) is 0 Å². The van der Waals surface area contributed by atoms with E-state index in [1.54, 1.807) is 19.2 Å². The predicted octanol–water partition coefficient (Wildman–Crippen LogP) is 3.22. The van der Waals surface area contributed by atoms with Crippen LogP contribution in [0.2, 0.25) is 0 Å². The summed E-state index contributed by atoms with van der Waals surface area (Å²) in [6.07, 6.45) is 0. The average molecular weight is 273 g/mol. The first-order chi connectivity index (χ1) is 6.35. The van der Waals surface area contributed by atoms with E-state index >= 15 is 0 Å². The summed E-state index contributed by atoms with van der Waals surface area (Å²) in [6, 6.07) is 0. The van der Waals surface area contributed by atoms with E-state index in [0.717, 1.165) is 11.0 Å². The van der Waals surface area contributed by atoms with E-state index in [1.807, 2.05) is 0 Å². The van der Waals surface area contributed by atoms with Gasteiger partial charge in [-0.1, -0.05) is 0 Å². The molecule has 2 aliphatic heterocycles. The molecule has 2 rings (SSSR count). The molecule has 2 saturated heterocycles. The van der Waals surface area contributed by atoms with Crippen molar-refractivity contribution >= 4 is 59.1 Å². The Morgan fingerprint density at radius 3 is 2.85 bits per heavy atom. The molecule has 1 atom stereocenters. The van der Waals surface area contributed by atoms with Gasteiger partial charge in [-0.05, 0) is 12.0 Å². The Morgan fingerprint density at radius 2 is 2.15 bits per heavy atom. The van der Waals surface area contributed by atoms with Crippen LogP contribution in [0, 0.1) is 0 Å². The summed E-state index contributed by atoms with van der Waals surface area (Å²) in [7, 11) is 1.76. The molecule has 0 aromatic rings. The van der Waals surface area contributed by atoms with Gasteiger partial charge in [-0.25, -0.2) is 0 Å². The molecule has 0 aliphatic carbocycles. The highest BCUT2D eigenvalue weighted by Gasteiger charge is 2.44. The van der Waals surface area contributed by atoms with Crippen molar-refractivity contribution in [1.29, 1.82) is 0 Å². The van der Waals surface area contributed by atoms with E-state index in [9.17, 15) is 0 Å². The lowest BCUT2D eigenvalue weighted by molar-refractivity contribution is 0.489. The Morgan fingerprint density at radius 1 is 1.38 bits per heavy atom. The van der Waals surface area contributed by atoms with E-state index in [0.29, 0.717) is 2.74 Å². The first-order valence-corrected chi connectivity index (χ1v) is 8.85. The van der Waals surface area contributed by atoms with Crippen LogP contribution in [0.3, 0.4) is 0 Å². The zero-order valence-electron chi connectivity index (χ0n) is 7.36. The summed E-state index contributed by atoms with van der Waals surface area (Å²) in [4.78, 5) is 0. The Balaban J connectivity index is 1.79. The van der Waals surface area contributed by atoms with Crippen LogP contribution in [0.25, 0.3) is 0 Å². The smallest absolute Gasteiger partial charge is 0.154 e. The Kier molecular flexibility index (Phi) is 4.45. The molecule has 13 heavy (non-hydrogen) atoms. The highest BCUT2D eigenvalue weighted by atomic mass is 32.3. The minimum Gasteiger partial charge on any atom is -0.319 e. The first-order valence-electron chi connectivity index (χ1n) is 4.10. The second kappa shape index (κ2) is 5.16. The fourth-order valence-corrected chi connectivity index (χ4v) is 9.93. The van der Waals surface area contributed by atoms with E-state index in [1.165, 1.54) is 17.3 Å². The third-order valence-corrected chi connectivity index (χ3v) is 10.7. The van der Waals surface area contributed by atoms with Crippen molar-refractivity contribution < 1.29 is 4.18 Å². The average Bonchev–Trinajstić information content (AvgIpc) is 2.74. The minimum absolute atomic E-state index is 0.457. The van der Waals surface area contributed by atoms with Crippen LogP contribution in [-0.4, -0.2) is 38.1 Å². The quantitative estimate of drug-likeness (QED) is 0.724. The fraction of sp³-hybridized carbons (Fsp3) is 1.00. The van der Waals surface area contributed by atoms with Crippen molar-refractivity contribution in [3.63, 3.8) is 0 Å². The van der Waals surface area contributed by atoms with Gasteiger partial charge in [0, 0.05) is 28.3 Å². The molecule has 0 N–H and O–H groups in total. The van der Waals surface area contributed by atoms with Gasteiger partial charge in [0.2, 0.25) is 0 Å². The summed E-state index contributed by atoms with van der Waals surface area (Å²) < 4.78 is 5.49. The van der Waals surface area contributed by atoms with Gasteiger partial charge >= 0.3 is 0 Å². The van der Waals surface area contributed by atoms with Gasteiger partial charge in [-0.15, -0.1) is 47.0 Å². The maximum atomic E-state index is 5.04. The highest BCUT2D eigenvalue weighted by Crippen LogP contribution is 2.65. The molecule has 0 radical (unpaired) electrons. The summed E-state index contributed by atoms with van der Waals surface area (Å²) in [5.74, 6) is 5.08. The largest absolute Gasteiger partial charge is 0.319 e. The molecule has 0 saturated carbocycles. The minimum atomic E-state index is 0.457. The molecule has 0 bridgehead atoms. The molecular formula is C7H12OS5. The van der Waals surface area contributed by atoms with Gasteiger partial charge in [0.1, 0.15) is 0 Å². The first kappa shape index (κ1) is 11.2. The Hall–Kier alpha value is 1.71. The van der Waals surface area contributed by atoms with Gasteiger partial charge in [0.25, 0.3) is 0 Å². The molecule has 0 aromatic carbocycles. The summed E-state index contributed by atoms with van der Waals surface area (Å²) in [5, 5.41) is 0.785. The number of hydrogen-bond donors (Lipinski definition) is 0.